The number of rotatable bonds is 6. The van der Waals surface area contributed by atoms with E-state index in [1.807, 2.05) is 0 Å². The molecule has 1 aliphatic rings. The van der Waals surface area contributed by atoms with Gasteiger partial charge in [-0.15, -0.1) is 0 Å². The van der Waals surface area contributed by atoms with Crippen molar-refractivity contribution in [3.05, 3.63) is 0 Å². The van der Waals surface area contributed by atoms with Crippen LogP contribution in [-0.2, 0) is 67.6 Å². The highest BCUT2D eigenvalue weighted by molar-refractivity contribution is 5.89. The Bertz CT molecular complexity index is 833. The van der Waals surface area contributed by atoms with Gasteiger partial charge < -0.3 is 21.9 Å². The molecule has 1 rings (SSSR count). The lowest BCUT2D eigenvalue weighted by molar-refractivity contribution is -0.276. The van der Waals surface area contributed by atoms with Gasteiger partial charge in [0.15, 0.2) is 0 Å². The molecule has 0 amide bonds. The molecule has 1 saturated heterocycles. The van der Waals surface area contributed by atoms with Crippen LogP contribution in [-0.4, -0.2) is 66.1 Å². The molecule has 0 aromatic heterocycles. The van der Waals surface area contributed by atoms with Gasteiger partial charge in [-0.1, -0.05) is 0 Å². The van der Waals surface area contributed by atoms with Gasteiger partial charge in [0, 0.05) is 0 Å². The molecule has 0 aliphatic carbocycles. The fraction of sp³-hybridized carbons (Fsp3) is 0.562. The second-order valence-corrected chi connectivity index (χ2v) is 6.58. The van der Waals surface area contributed by atoms with Gasteiger partial charge in [0.1, 0.15) is 18.5 Å². The molecule has 0 saturated carbocycles. The van der Waals surface area contributed by atoms with Crippen LogP contribution in [0, 0.1) is 0 Å². The number of nitrogens with two attached hydrogens (primary N) is 4. The van der Waals surface area contributed by atoms with E-state index in [1.54, 1.807) is 0 Å². The lowest BCUT2D eigenvalue weighted by Gasteiger charge is -2.26. The second-order valence-electron chi connectivity index (χ2n) is 6.58. The van der Waals surface area contributed by atoms with Gasteiger partial charge >= 0.3 is 41.8 Å². The van der Waals surface area contributed by atoms with Crippen molar-refractivity contribution < 1.29 is 67.6 Å². The summed E-state index contributed by atoms with van der Waals surface area (Å²) < 4.78 is 4.72. The van der Waals surface area contributed by atoms with E-state index >= 15 is 0 Å². The van der Waals surface area contributed by atoms with E-state index in [4.69, 9.17) is 27.7 Å². The Morgan fingerprint density at radius 3 is 2.26 bits per heavy atom. The highest BCUT2D eigenvalue weighted by Crippen LogP contribution is 2.17. The molecule has 0 aromatic rings. The third kappa shape index (κ3) is 9.32. The predicted molar refractivity (Wildman–Crippen MR) is 97.7 cm³/mol. The van der Waals surface area contributed by atoms with Crippen LogP contribution in [0.3, 0.4) is 0 Å². The van der Waals surface area contributed by atoms with Crippen LogP contribution in [0.4, 0.5) is 0 Å². The van der Waals surface area contributed by atoms with Gasteiger partial charge in [-0.05, 0) is 12.8 Å². The van der Waals surface area contributed by atoms with Crippen molar-refractivity contribution in [2.24, 2.45) is 22.9 Å². The van der Waals surface area contributed by atoms with E-state index in [2.05, 4.69) is 29.3 Å². The Kier molecular flexibility index (Phi) is 10.8. The minimum absolute atomic E-state index is 0.321. The average Bonchev–Trinajstić information content (AvgIpc) is 2.80. The number of ether oxygens (including phenoxy) is 1. The first-order chi connectivity index (χ1) is 15.9. The third-order valence-electron chi connectivity index (χ3n) is 3.78. The molecule has 18 heteroatoms. The standard InChI is InChI=1S/C16H22N4O14/c17-6-12(24)32-30-10(22)3-1-7(18)13(25)28-16(20)5-11(23)31-29-9(21)4-2-8(19)14(26)33-34-15(16)27/h7-8H,1-6,17-20H2/t7-,8-,16?/m1/s1. The number of esters is 1. The number of carbonyl (C=O) groups is 7. The van der Waals surface area contributed by atoms with E-state index in [1.165, 1.54) is 0 Å². The van der Waals surface area contributed by atoms with Gasteiger partial charge in [-0.2, -0.15) is 0 Å². The van der Waals surface area contributed by atoms with Crippen LogP contribution >= 0.6 is 0 Å². The molecule has 1 unspecified atom stereocenters. The summed E-state index contributed by atoms with van der Waals surface area (Å²) in [5.74, 6) is -9.21. The van der Waals surface area contributed by atoms with Crippen LogP contribution < -0.4 is 22.9 Å². The van der Waals surface area contributed by atoms with Crippen molar-refractivity contribution in [1.29, 1.82) is 0 Å². The van der Waals surface area contributed by atoms with Crippen LogP contribution in [0.25, 0.3) is 0 Å². The van der Waals surface area contributed by atoms with E-state index in [9.17, 15) is 33.6 Å². The normalized spacial score (nSPS) is 22.8. The molecule has 3 atom stereocenters. The summed E-state index contributed by atoms with van der Waals surface area (Å²) in [6.07, 6.45) is -3.10. The average molecular weight is 494 g/mol. The Labute approximate surface area is 189 Å². The first-order valence-corrected chi connectivity index (χ1v) is 9.34. The van der Waals surface area contributed by atoms with Crippen molar-refractivity contribution in [3.63, 3.8) is 0 Å². The molecular weight excluding hydrogens is 472 g/mol. The summed E-state index contributed by atoms with van der Waals surface area (Å²) >= 11 is 0. The molecule has 8 N–H and O–H groups in total. The van der Waals surface area contributed by atoms with Crippen LogP contribution in [0.2, 0.25) is 0 Å². The molecule has 190 valence electrons. The molecule has 34 heavy (non-hydrogen) atoms. The number of carbonyl (C=O) groups excluding carboxylic acids is 7. The van der Waals surface area contributed by atoms with Gasteiger partial charge in [-0.25, -0.2) is 58.1 Å². The molecular formula is C16H22N4O14. The summed E-state index contributed by atoms with van der Waals surface area (Å²) in [6, 6.07) is -3.07. The maximum atomic E-state index is 12.3. The Balaban J connectivity index is 2.84. The smallest absolute Gasteiger partial charge is 0.414 e. The molecule has 1 aliphatic heterocycles. The fourth-order valence-electron chi connectivity index (χ4n) is 1.95. The molecule has 0 bridgehead atoms. The third-order valence-corrected chi connectivity index (χ3v) is 3.78. The van der Waals surface area contributed by atoms with Gasteiger partial charge in [-0.3, -0.25) is 10.5 Å². The van der Waals surface area contributed by atoms with Crippen LogP contribution in [0.1, 0.15) is 32.1 Å². The van der Waals surface area contributed by atoms with E-state index < -0.39 is 91.8 Å². The largest absolute Gasteiger partial charge is 0.430 e. The van der Waals surface area contributed by atoms with Gasteiger partial charge in [0.25, 0.3) is 5.72 Å². The Hall–Kier alpha value is -3.87. The maximum absolute atomic E-state index is 12.3. The maximum Gasteiger partial charge on any atom is 0.414 e. The van der Waals surface area contributed by atoms with E-state index in [0.717, 1.165) is 0 Å². The summed E-state index contributed by atoms with van der Waals surface area (Å²) in [5, 5.41) is 0. The summed E-state index contributed by atoms with van der Waals surface area (Å²) in [4.78, 5) is 107. The second kappa shape index (κ2) is 13.0. The SMILES string of the molecule is NCC(=O)OOC(=O)CC[C@@H](N)C(=O)OC1(N)CC(=O)OOC(=O)CC[C@@H](N)C(=O)OOC1=O. The quantitative estimate of drug-likeness (QED) is 0.118. The zero-order chi connectivity index (χ0) is 25.9. The first kappa shape index (κ1) is 28.2. The number of hydrogen-bond acceptors (Lipinski definition) is 18. The van der Waals surface area contributed by atoms with Crippen molar-refractivity contribution in [2.45, 2.75) is 49.9 Å². The number of hydrogen-bond donors (Lipinski definition) is 4. The zero-order valence-electron chi connectivity index (χ0n) is 17.4. The van der Waals surface area contributed by atoms with Crippen molar-refractivity contribution in [3.8, 4) is 0 Å². The zero-order valence-corrected chi connectivity index (χ0v) is 17.4. The summed E-state index contributed by atoms with van der Waals surface area (Å²) in [5.41, 5.74) is 18.6. The van der Waals surface area contributed by atoms with Crippen molar-refractivity contribution in [1.82, 2.24) is 0 Å². The van der Waals surface area contributed by atoms with Crippen molar-refractivity contribution in [2.75, 3.05) is 6.54 Å². The highest BCUT2D eigenvalue weighted by atomic mass is 17.2. The minimum atomic E-state index is -2.98. The molecule has 1 heterocycles. The lowest BCUT2D eigenvalue weighted by Crippen LogP contribution is -2.56. The van der Waals surface area contributed by atoms with Crippen LogP contribution in [0.5, 0.6) is 0 Å². The van der Waals surface area contributed by atoms with Gasteiger partial charge in [0.2, 0.25) is 0 Å². The Morgan fingerprint density at radius 1 is 1.00 bits per heavy atom. The monoisotopic (exact) mass is 494 g/mol. The van der Waals surface area contributed by atoms with E-state index in [0.29, 0.717) is 0 Å². The molecule has 0 aromatic carbocycles. The highest BCUT2D eigenvalue weighted by Gasteiger charge is 2.46. The van der Waals surface area contributed by atoms with Crippen molar-refractivity contribution >= 4 is 41.8 Å². The molecule has 18 nitrogen and oxygen atoms in total. The van der Waals surface area contributed by atoms with Crippen LogP contribution in [0.15, 0.2) is 0 Å². The lowest BCUT2D eigenvalue weighted by atomic mass is 10.1. The topological polar surface area (TPSA) is 288 Å². The van der Waals surface area contributed by atoms with Gasteiger partial charge in [0.05, 0.1) is 19.4 Å². The first-order valence-electron chi connectivity index (χ1n) is 9.34. The molecule has 0 radical (unpaired) electrons. The predicted octanol–water partition coefficient (Wildman–Crippen LogP) is -4.23. The van der Waals surface area contributed by atoms with E-state index in [-0.39, 0.29) is 6.42 Å². The fourth-order valence-corrected chi connectivity index (χ4v) is 1.95. The summed E-state index contributed by atoms with van der Waals surface area (Å²) in [6.45, 7) is -0.559. The Morgan fingerprint density at radius 2 is 1.62 bits per heavy atom. The minimum Gasteiger partial charge on any atom is -0.430 e. The molecule has 1 fully saturated rings. The summed E-state index contributed by atoms with van der Waals surface area (Å²) in [7, 11) is 0. The molecule has 0 spiro atoms.